The van der Waals surface area contributed by atoms with Crippen LogP contribution in [0.5, 0.6) is 0 Å². The van der Waals surface area contributed by atoms with E-state index in [0.29, 0.717) is 27.2 Å². The van der Waals surface area contributed by atoms with Gasteiger partial charge in [0, 0.05) is 28.0 Å². The van der Waals surface area contributed by atoms with Crippen LogP contribution in [0.3, 0.4) is 0 Å². The predicted molar refractivity (Wildman–Crippen MR) is 106 cm³/mol. The number of nitrogens with one attached hydrogen (secondary N) is 1. The molecule has 0 aliphatic heterocycles. The van der Waals surface area contributed by atoms with Gasteiger partial charge in [0.15, 0.2) is 0 Å². The maximum absolute atomic E-state index is 12.4. The molecule has 140 valence electrons. The highest BCUT2D eigenvalue weighted by molar-refractivity contribution is 7.89. The van der Waals surface area contributed by atoms with Crippen LogP contribution in [0, 0.1) is 0 Å². The molecule has 3 rings (SSSR count). The molecule has 3 aromatic rings. The van der Waals surface area contributed by atoms with Gasteiger partial charge in [-0.25, -0.2) is 18.2 Å². The Kier molecular flexibility index (Phi) is 5.05. The van der Waals surface area contributed by atoms with E-state index in [9.17, 15) is 13.2 Å². The number of aromatic nitrogens is 2. The number of sulfonamides is 1. The Morgan fingerprint density at radius 2 is 2.04 bits per heavy atom. The summed E-state index contributed by atoms with van der Waals surface area (Å²) in [6.07, 6.45) is 1.58. The highest BCUT2D eigenvalue weighted by Gasteiger charge is 2.18. The van der Waals surface area contributed by atoms with Gasteiger partial charge in [-0.3, -0.25) is 4.79 Å². The second-order valence-electron chi connectivity index (χ2n) is 6.08. The van der Waals surface area contributed by atoms with Crippen LogP contribution in [0.4, 0.5) is 5.69 Å². The van der Waals surface area contributed by atoms with Crippen LogP contribution in [0.25, 0.3) is 16.6 Å². The van der Waals surface area contributed by atoms with E-state index >= 15 is 0 Å². The first-order chi connectivity index (χ1) is 12.6. The van der Waals surface area contributed by atoms with Gasteiger partial charge >= 0.3 is 0 Å². The molecule has 3 N–H and O–H groups in total. The largest absolute Gasteiger partial charge is 0.326 e. The number of hydrogen-bond acceptors (Lipinski definition) is 4. The van der Waals surface area contributed by atoms with Crippen molar-refractivity contribution in [1.82, 2.24) is 9.78 Å². The zero-order valence-electron chi connectivity index (χ0n) is 14.4. The third kappa shape index (κ3) is 4.19. The van der Waals surface area contributed by atoms with Crippen molar-refractivity contribution in [3.63, 3.8) is 0 Å². The molecule has 0 saturated heterocycles. The van der Waals surface area contributed by atoms with Crippen LogP contribution < -0.4 is 10.5 Å². The number of nitrogens with two attached hydrogens (primary N) is 1. The maximum Gasteiger partial charge on any atom is 0.238 e. The minimum atomic E-state index is -4.02. The Morgan fingerprint density at radius 3 is 2.67 bits per heavy atom. The highest BCUT2D eigenvalue weighted by Crippen LogP contribution is 2.27. The molecule has 7 nitrogen and oxygen atoms in total. The molecule has 9 heteroatoms. The van der Waals surface area contributed by atoms with E-state index in [1.165, 1.54) is 16.9 Å². The lowest BCUT2D eigenvalue weighted by Gasteiger charge is -2.08. The standard InChI is InChI=1S/C18H17ClN4O3S/c1-11(2)23-10-14-16(22-23)8-13(9-17(14)27(20,25)26)21-18(24)7-12-5-3-4-6-15(12)19/h3-6,8-10H,1,7H2,2H3,(H,21,24)(H2,20,25,26). The van der Waals surface area contributed by atoms with Crippen molar-refractivity contribution in [1.29, 1.82) is 0 Å². The van der Waals surface area contributed by atoms with Gasteiger partial charge in [0.2, 0.25) is 15.9 Å². The summed E-state index contributed by atoms with van der Waals surface area (Å²) in [6, 6.07) is 9.88. The van der Waals surface area contributed by atoms with E-state index in [1.807, 2.05) is 0 Å². The molecule has 0 bridgehead atoms. The van der Waals surface area contributed by atoms with Crippen LogP contribution in [0.15, 0.2) is 54.1 Å². The van der Waals surface area contributed by atoms with Gasteiger partial charge in [-0.1, -0.05) is 36.4 Å². The van der Waals surface area contributed by atoms with Gasteiger partial charge in [0.1, 0.15) is 0 Å². The summed E-state index contributed by atoms with van der Waals surface area (Å²) in [5.41, 5.74) is 1.92. The minimum Gasteiger partial charge on any atom is -0.326 e. The number of hydrogen-bond donors (Lipinski definition) is 2. The van der Waals surface area contributed by atoms with Gasteiger partial charge in [-0.2, -0.15) is 5.10 Å². The lowest BCUT2D eigenvalue weighted by molar-refractivity contribution is -0.115. The average molecular weight is 405 g/mol. The van der Waals surface area contributed by atoms with Crippen molar-refractivity contribution in [3.8, 4) is 0 Å². The summed E-state index contributed by atoms with van der Waals surface area (Å²) in [7, 11) is -4.02. The fraction of sp³-hybridized carbons (Fsp3) is 0.111. The molecule has 0 aliphatic carbocycles. The molecular weight excluding hydrogens is 388 g/mol. The Balaban J connectivity index is 1.98. The summed E-state index contributed by atoms with van der Waals surface area (Å²) in [6.45, 7) is 5.51. The second-order valence-corrected chi connectivity index (χ2v) is 8.01. The Morgan fingerprint density at radius 1 is 1.33 bits per heavy atom. The fourth-order valence-corrected chi connectivity index (χ4v) is 3.57. The summed E-state index contributed by atoms with van der Waals surface area (Å²) in [4.78, 5) is 12.2. The number of benzene rings is 2. The topological polar surface area (TPSA) is 107 Å². The Labute approximate surface area is 161 Å². The van der Waals surface area contributed by atoms with E-state index in [0.717, 1.165) is 0 Å². The number of primary sulfonamides is 1. The highest BCUT2D eigenvalue weighted by atomic mass is 35.5. The molecular formula is C18H17ClN4O3S. The number of amides is 1. The van der Waals surface area contributed by atoms with Gasteiger partial charge in [-0.05, 0) is 30.7 Å². The third-order valence-electron chi connectivity index (χ3n) is 3.88. The van der Waals surface area contributed by atoms with Crippen LogP contribution in [-0.4, -0.2) is 24.1 Å². The van der Waals surface area contributed by atoms with Gasteiger partial charge < -0.3 is 5.32 Å². The first-order valence-electron chi connectivity index (χ1n) is 7.90. The van der Waals surface area contributed by atoms with E-state index in [2.05, 4.69) is 17.0 Å². The lowest BCUT2D eigenvalue weighted by atomic mass is 10.1. The minimum absolute atomic E-state index is 0.0443. The second kappa shape index (κ2) is 7.15. The molecule has 0 atom stereocenters. The summed E-state index contributed by atoms with van der Waals surface area (Å²) in [5.74, 6) is -0.345. The number of rotatable bonds is 5. The van der Waals surface area contributed by atoms with Crippen molar-refractivity contribution in [2.75, 3.05) is 5.32 Å². The zero-order valence-corrected chi connectivity index (χ0v) is 16.0. The van der Waals surface area contributed by atoms with E-state index in [-0.39, 0.29) is 22.9 Å². The van der Waals surface area contributed by atoms with Crippen LogP contribution in [0.1, 0.15) is 12.5 Å². The molecule has 0 saturated carbocycles. The molecule has 0 fully saturated rings. The van der Waals surface area contributed by atoms with Crippen LogP contribution >= 0.6 is 11.6 Å². The van der Waals surface area contributed by atoms with Gasteiger partial charge in [-0.15, -0.1) is 0 Å². The molecule has 1 amide bonds. The smallest absolute Gasteiger partial charge is 0.238 e. The number of anilines is 1. The third-order valence-corrected chi connectivity index (χ3v) is 5.20. The maximum atomic E-state index is 12.4. The fourth-order valence-electron chi connectivity index (χ4n) is 2.61. The van der Waals surface area contributed by atoms with Crippen molar-refractivity contribution >= 4 is 49.8 Å². The zero-order chi connectivity index (χ0) is 19.8. The molecule has 0 unspecified atom stereocenters. The van der Waals surface area contributed by atoms with Crippen LogP contribution in [-0.2, 0) is 21.2 Å². The normalized spacial score (nSPS) is 11.5. The Bertz CT molecular complexity index is 1170. The lowest BCUT2D eigenvalue weighted by Crippen LogP contribution is -2.16. The number of carbonyl (C=O) groups is 1. The number of nitrogens with zero attached hydrogens (tertiary/aromatic N) is 2. The number of halogens is 1. The van der Waals surface area contributed by atoms with Crippen molar-refractivity contribution < 1.29 is 13.2 Å². The molecule has 0 aliphatic rings. The number of fused-ring (bicyclic) bond motifs is 1. The molecule has 0 spiro atoms. The number of carbonyl (C=O) groups excluding carboxylic acids is 1. The van der Waals surface area contributed by atoms with Crippen LogP contribution in [0.2, 0.25) is 5.02 Å². The van der Waals surface area contributed by atoms with E-state index < -0.39 is 10.0 Å². The van der Waals surface area contributed by atoms with E-state index in [4.69, 9.17) is 16.7 Å². The van der Waals surface area contributed by atoms with Gasteiger partial charge in [0.05, 0.1) is 16.8 Å². The SMILES string of the molecule is C=C(C)n1cc2c(S(N)(=O)=O)cc(NC(=O)Cc3ccccc3Cl)cc2n1. The quantitative estimate of drug-likeness (QED) is 0.681. The van der Waals surface area contributed by atoms with Crippen molar-refractivity contribution in [3.05, 3.63) is 59.8 Å². The van der Waals surface area contributed by atoms with Crippen molar-refractivity contribution in [2.45, 2.75) is 18.2 Å². The monoisotopic (exact) mass is 404 g/mol. The summed E-state index contributed by atoms with van der Waals surface area (Å²) < 4.78 is 25.4. The summed E-state index contributed by atoms with van der Waals surface area (Å²) >= 11 is 6.07. The van der Waals surface area contributed by atoms with E-state index in [1.54, 1.807) is 37.3 Å². The first kappa shape index (κ1) is 19.1. The first-order valence-corrected chi connectivity index (χ1v) is 9.83. The molecule has 1 aromatic heterocycles. The summed E-state index contributed by atoms with van der Waals surface area (Å²) in [5, 5.41) is 13.1. The number of allylic oxidation sites excluding steroid dienone is 1. The molecule has 2 aromatic carbocycles. The molecule has 0 radical (unpaired) electrons. The van der Waals surface area contributed by atoms with Crippen molar-refractivity contribution in [2.24, 2.45) is 5.14 Å². The average Bonchev–Trinajstić information content (AvgIpc) is 2.99. The predicted octanol–water partition coefficient (Wildman–Crippen LogP) is 3.01. The van der Waals surface area contributed by atoms with Gasteiger partial charge in [0.25, 0.3) is 0 Å². The molecule has 1 heterocycles. The molecule has 27 heavy (non-hydrogen) atoms. The Hall–Kier alpha value is -2.68.